The summed E-state index contributed by atoms with van der Waals surface area (Å²) < 4.78 is 5.59. The number of hydrogen-bond donors (Lipinski definition) is 4. The monoisotopic (exact) mass is 441 g/mol. The van der Waals surface area contributed by atoms with Crippen molar-refractivity contribution in [1.82, 2.24) is 10.6 Å². The molecule has 2 rings (SSSR count). The smallest absolute Gasteiger partial charge is 0.255 e. The minimum absolute atomic E-state index is 0.142. The van der Waals surface area contributed by atoms with Gasteiger partial charge in [0.2, 0.25) is 5.91 Å². The van der Waals surface area contributed by atoms with Gasteiger partial charge < -0.3 is 25.8 Å². The van der Waals surface area contributed by atoms with Crippen LogP contribution in [0.25, 0.3) is 0 Å². The van der Waals surface area contributed by atoms with Gasteiger partial charge in [-0.3, -0.25) is 14.4 Å². The van der Waals surface area contributed by atoms with Gasteiger partial charge in [0, 0.05) is 23.7 Å². The number of nitrogens with one attached hydrogen (secondary N) is 3. The van der Waals surface area contributed by atoms with Crippen LogP contribution in [-0.4, -0.2) is 42.6 Å². The zero-order valence-electron chi connectivity index (χ0n) is 18.9. The number of anilines is 1. The van der Waals surface area contributed by atoms with Crippen LogP contribution in [0.1, 0.15) is 60.0 Å². The molecule has 0 fully saturated rings. The maximum atomic E-state index is 13.0. The molecular weight excluding hydrogens is 410 g/mol. The van der Waals surface area contributed by atoms with E-state index in [4.69, 9.17) is 9.84 Å². The summed E-state index contributed by atoms with van der Waals surface area (Å²) in [5, 5.41) is 17.2. The van der Waals surface area contributed by atoms with Crippen LogP contribution in [0.5, 0.6) is 5.75 Å². The van der Waals surface area contributed by atoms with E-state index < -0.39 is 6.04 Å². The lowest BCUT2D eigenvalue weighted by molar-refractivity contribution is -0.118. The Morgan fingerprint density at radius 3 is 2.44 bits per heavy atom. The number of hydrogen-bond acceptors (Lipinski definition) is 5. The summed E-state index contributed by atoms with van der Waals surface area (Å²) >= 11 is 0. The number of aliphatic hydroxyl groups is 1. The lowest BCUT2D eigenvalue weighted by Gasteiger charge is -2.18. The Hall–Kier alpha value is -3.39. The summed E-state index contributed by atoms with van der Waals surface area (Å²) in [7, 11) is 0. The largest absolute Gasteiger partial charge is 0.493 e. The molecule has 8 nitrogen and oxygen atoms in total. The molecule has 0 bridgehead atoms. The lowest BCUT2D eigenvalue weighted by Crippen LogP contribution is -2.28. The molecule has 2 aromatic carbocycles. The minimum atomic E-state index is -0.392. The highest BCUT2D eigenvalue weighted by molar-refractivity contribution is 6.00. The van der Waals surface area contributed by atoms with E-state index in [-0.39, 0.29) is 36.8 Å². The third kappa shape index (κ3) is 6.81. The first kappa shape index (κ1) is 24.9. The maximum absolute atomic E-state index is 13.0. The van der Waals surface area contributed by atoms with Crippen LogP contribution in [0.2, 0.25) is 0 Å². The van der Waals surface area contributed by atoms with Crippen LogP contribution >= 0.6 is 0 Å². The molecule has 0 heterocycles. The normalized spacial score (nSPS) is 11.6. The number of rotatable bonds is 10. The Morgan fingerprint density at radius 1 is 1.03 bits per heavy atom. The Bertz CT molecular complexity index is 958. The number of carbonyl (C=O) groups excluding carboxylic acids is 3. The van der Waals surface area contributed by atoms with Crippen molar-refractivity contribution in [3.8, 4) is 5.75 Å². The van der Waals surface area contributed by atoms with Gasteiger partial charge in [-0.25, -0.2) is 0 Å². The SMILES string of the molecule is CCOc1ccc(NC(=O)C(C)C)cc1C(=O)NC(C)c1cccc(C(=O)NCCO)c1. The summed E-state index contributed by atoms with van der Waals surface area (Å²) in [6.07, 6.45) is 0. The van der Waals surface area contributed by atoms with Crippen molar-refractivity contribution in [3.63, 3.8) is 0 Å². The number of aliphatic hydroxyl groups excluding tert-OH is 1. The van der Waals surface area contributed by atoms with Crippen molar-refractivity contribution in [3.05, 3.63) is 59.2 Å². The number of ether oxygens (including phenoxy) is 1. The van der Waals surface area contributed by atoms with Gasteiger partial charge in [-0.15, -0.1) is 0 Å². The van der Waals surface area contributed by atoms with Crippen molar-refractivity contribution in [2.75, 3.05) is 25.1 Å². The molecule has 8 heteroatoms. The second-order valence-electron chi connectivity index (χ2n) is 7.59. The highest BCUT2D eigenvalue weighted by Crippen LogP contribution is 2.25. The Labute approximate surface area is 188 Å². The molecule has 0 aromatic heterocycles. The van der Waals surface area contributed by atoms with Crippen molar-refractivity contribution >= 4 is 23.4 Å². The lowest BCUT2D eigenvalue weighted by atomic mass is 10.0. The molecule has 1 atom stereocenters. The fourth-order valence-electron chi connectivity index (χ4n) is 2.93. The first-order valence-corrected chi connectivity index (χ1v) is 10.6. The van der Waals surface area contributed by atoms with Gasteiger partial charge in [0.25, 0.3) is 11.8 Å². The van der Waals surface area contributed by atoms with E-state index in [0.29, 0.717) is 29.2 Å². The molecule has 0 aliphatic heterocycles. The van der Waals surface area contributed by atoms with Gasteiger partial charge in [0.05, 0.1) is 24.8 Å². The van der Waals surface area contributed by atoms with Crippen LogP contribution in [0.15, 0.2) is 42.5 Å². The van der Waals surface area contributed by atoms with E-state index in [0.717, 1.165) is 5.56 Å². The highest BCUT2D eigenvalue weighted by Gasteiger charge is 2.18. The Kier molecular flexibility index (Phi) is 9.22. The van der Waals surface area contributed by atoms with Crippen molar-refractivity contribution in [2.45, 2.75) is 33.7 Å². The van der Waals surface area contributed by atoms with Gasteiger partial charge in [-0.05, 0) is 49.7 Å². The van der Waals surface area contributed by atoms with Gasteiger partial charge in [0.1, 0.15) is 5.75 Å². The maximum Gasteiger partial charge on any atom is 0.255 e. The van der Waals surface area contributed by atoms with E-state index in [1.165, 1.54) is 0 Å². The first-order valence-electron chi connectivity index (χ1n) is 10.6. The summed E-state index contributed by atoms with van der Waals surface area (Å²) in [5.74, 6) is -0.592. The summed E-state index contributed by atoms with van der Waals surface area (Å²) in [6.45, 7) is 7.63. The molecule has 172 valence electrons. The summed E-state index contributed by atoms with van der Waals surface area (Å²) in [6, 6.07) is 11.5. The molecule has 0 aliphatic rings. The van der Waals surface area contributed by atoms with Gasteiger partial charge in [-0.1, -0.05) is 26.0 Å². The van der Waals surface area contributed by atoms with Crippen LogP contribution in [0, 0.1) is 5.92 Å². The number of amides is 3. The molecule has 32 heavy (non-hydrogen) atoms. The second kappa shape index (κ2) is 11.9. The fourth-order valence-corrected chi connectivity index (χ4v) is 2.93. The van der Waals surface area contributed by atoms with Crippen molar-refractivity contribution < 1.29 is 24.2 Å². The summed E-state index contributed by atoms with van der Waals surface area (Å²) in [4.78, 5) is 37.2. The molecule has 1 unspecified atom stereocenters. The third-order valence-electron chi connectivity index (χ3n) is 4.71. The average Bonchev–Trinajstić information content (AvgIpc) is 2.78. The molecule has 0 radical (unpaired) electrons. The topological polar surface area (TPSA) is 117 Å². The minimum Gasteiger partial charge on any atom is -0.493 e. The van der Waals surface area contributed by atoms with E-state index in [1.807, 2.05) is 19.9 Å². The molecule has 2 aromatic rings. The van der Waals surface area contributed by atoms with Crippen LogP contribution < -0.4 is 20.7 Å². The van der Waals surface area contributed by atoms with Crippen molar-refractivity contribution in [2.24, 2.45) is 5.92 Å². The second-order valence-corrected chi connectivity index (χ2v) is 7.59. The van der Waals surface area contributed by atoms with E-state index >= 15 is 0 Å². The first-order chi connectivity index (χ1) is 15.3. The van der Waals surface area contributed by atoms with Gasteiger partial charge in [-0.2, -0.15) is 0 Å². The van der Waals surface area contributed by atoms with Gasteiger partial charge in [0.15, 0.2) is 0 Å². The van der Waals surface area contributed by atoms with Crippen LogP contribution in [0.4, 0.5) is 5.69 Å². The van der Waals surface area contributed by atoms with E-state index in [9.17, 15) is 14.4 Å². The molecular formula is C24H31N3O5. The van der Waals surface area contributed by atoms with Crippen LogP contribution in [-0.2, 0) is 4.79 Å². The Morgan fingerprint density at radius 2 is 1.78 bits per heavy atom. The highest BCUT2D eigenvalue weighted by atomic mass is 16.5. The quantitative estimate of drug-likeness (QED) is 0.452. The summed E-state index contributed by atoms with van der Waals surface area (Å²) in [5.41, 5.74) is 1.99. The predicted molar refractivity (Wildman–Crippen MR) is 123 cm³/mol. The Balaban J connectivity index is 2.21. The van der Waals surface area contributed by atoms with Crippen molar-refractivity contribution in [1.29, 1.82) is 0 Å². The molecule has 0 saturated carbocycles. The average molecular weight is 442 g/mol. The molecule has 4 N–H and O–H groups in total. The zero-order valence-corrected chi connectivity index (χ0v) is 18.9. The number of benzene rings is 2. The zero-order chi connectivity index (χ0) is 23.7. The molecule has 0 aliphatic carbocycles. The fraction of sp³-hybridized carbons (Fsp3) is 0.375. The van der Waals surface area contributed by atoms with E-state index in [2.05, 4.69) is 16.0 Å². The van der Waals surface area contributed by atoms with E-state index in [1.54, 1.807) is 50.2 Å². The molecule has 0 saturated heterocycles. The van der Waals surface area contributed by atoms with Crippen LogP contribution in [0.3, 0.4) is 0 Å². The third-order valence-corrected chi connectivity index (χ3v) is 4.71. The standard InChI is InChI=1S/C24H31N3O5/c1-5-32-21-10-9-19(27-22(29)15(2)3)14-20(21)24(31)26-16(4)17-7-6-8-18(13-17)23(30)25-11-12-28/h6-10,13-16,28H,5,11-12H2,1-4H3,(H,25,30)(H,26,31)(H,27,29). The van der Waals surface area contributed by atoms with Gasteiger partial charge >= 0.3 is 0 Å². The number of carbonyl (C=O) groups is 3. The molecule has 3 amide bonds. The predicted octanol–water partition coefficient (Wildman–Crippen LogP) is 2.89. The molecule has 0 spiro atoms.